The highest BCUT2D eigenvalue weighted by molar-refractivity contribution is 5.85. The van der Waals surface area contributed by atoms with Crippen molar-refractivity contribution in [3.63, 3.8) is 0 Å². The molecule has 0 radical (unpaired) electrons. The lowest BCUT2D eigenvalue weighted by molar-refractivity contribution is -0.130. The van der Waals surface area contributed by atoms with Crippen LogP contribution in [0.25, 0.3) is 11.0 Å². The van der Waals surface area contributed by atoms with Gasteiger partial charge in [-0.05, 0) is 30.9 Å². The van der Waals surface area contributed by atoms with Crippen molar-refractivity contribution in [1.29, 1.82) is 0 Å². The summed E-state index contributed by atoms with van der Waals surface area (Å²) >= 11 is 0. The van der Waals surface area contributed by atoms with Crippen molar-refractivity contribution in [1.82, 2.24) is 14.0 Å². The van der Waals surface area contributed by atoms with Crippen molar-refractivity contribution in [2.24, 2.45) is 11.7 Å². The molecule has 1 aromatic carbocycles. The van der Waals surface area contributed by atoms with Crippen LogP contribution in [-0.2, 0) is 17.9 Å². The predicted octanol–water partition coefficient (Wildman–Crippen LogP) is 2.86. The van der Waals surface area contributed by atoms with Crippen LogP contribution in [0, 0.1) is 5.92 Å². The van der Waals surface area contributed by atoms with E-state index in [1.165, 1.54) is 0 Å². The molecule has 1 aromatic heterocycles. The Morgan fingerprint density at radius 1 is 1.15 bits per heavy atom. The molecule has 1 unspecified atom stereocenters. The summed E-state index contributed by atoms with van der Waals surface area (Å²) in [5, 5.41) is 0. The normalized spacial score (nSPS) is 12.2. The first-order valence-electron chi connectivity index (χ1n) is 9.54. The number of aryl methyl sites for hydroxylation is 2. The van der Waals surface area contributed by atoms with Gasteiger partial charge in [-0.2, -0.15) is 0 Å². The number of hydrogen-bond acceptors (Lipinski definition) is 3. The fourth-order valence-electron chi connectivity index (χ4n) is 3.13. The van der Waals surface area contributed by atoms with Crippen LogP contribution in [0.5, 0.6) is 0 Å². The fraction of sp³-hybridized carbons (Fsp3) is 0.600. The maximum absolute atomic E-state index is 12.7. The number of nitrogens with two attached hydrogens (primary N) is 1. The van der Waals surface area contributed by atoms with E-state index in [1.54, 1.807) is 21.1 Å². The van der Waals surface area contributed by atoms with Gasteiger partial charge in [-0.3, -0.25) is 13.9 Å². The van der Waals surface area contributed by atoms with Gasteiger partial charge in [-0.15, -0.1) is 12.4 Å². The van der Waals surface area contributed by atoms with Crippen molar-refractivity contribution in [2.75, 3.05) is 13.6 Å². The van der Waals surface area contributed by atoms with E-state index in [0.717, 1.165) is 23.9 Å². The number of para-hydroxylation sites is 2. The summed E-state index contributed by atoms with van der Waals surface area (Å²) in [5.41, 5.74) is 7.85. The number of halogens is 1. The Morgan fingerprint density at radius 3 is 2.22 bits per heavy atom. The molecule has 27 heavy (non-hydrogen) atoms. The van der Waals surface area contributed by atoms with Crippen LogP contribution in [0.2, 0.25) is 0 Å². The second-order valence-corrected chi connectivity index (χ2v) is 7.34. The number of rotatable bonds is 9. The maximum atomic E-state index is 12.7. The number of hydrogen-bond donors (Lipinski definition) is 1. The summed E-state index contributed by atoms with van der Waals surface area (Å²) in [5.74, 6) is 0.446. The monoisotopic (exact) mass is 396 g/mol. The van der Waals surface area contributed by atoms with E-state index >= 15 is 0 Å². The minimum Gasteiger partial charge on any atom is -0.346 e. The summed E-state index contributed by atoms with van der Waals surface area (Å²) in [7, 11) is 1.80. The number of fused-ring (bicyclic) bond motifs is 1. The summed E-state index contributed by atoms with van der Waals surface area (Å²) in [6, 6.07) is 7.87. The van der Waals surface area contributed by atoms with Gasteiger partial charge in [0, 0.05) is 39.1 Å². The molecule has 1 atom stereocenters. The number of imidazole rings is 1. The van der Waals surface area contributed by atoms with Gasteiger partial charge < -0.3 is 10.6 Å². The zero-order valence-electron chi connectivity index (χ0n) is 16.9. The van der Waals surface area contributed by atoms with Gasteiger partial charge in [0.2, 0.25) is 5.91 Å². The molecule has 6 nitrogen and oxygen atoms in total. The summed E-state index contributed by atoms with van der Waals surface area (Å²) in [6.07, 6.45) is 1.99. The zero-order chi connectivity index (χ0) is 19.3. The lowest BCUT2D eigenvalue weighted by Crippen LogP contribution is -2.35. The topological polar surface area (TPSA) is 73.3 Å². The average Bonchev–Trinajstić information content (AvgIpc) is 2.89. The molecule has 0 fully saturated rings. The van der Waals surface area contributed by atoms with Crippen molar-refractivity contribution >= 4 is 29.3 Å². The minimum atomic E-state index is -0.0367. The average molecular weight is 397 g/mol. The van der Waals surface area contributed by atoms with Crippen LogP contribution in [-0.4, -0.2) is 39.6 Å². The second-order valence-electron chi connectivity index (χ2n) is 7.34. The van der Waals surface area contributed by atoms with Crippen molar-refractivity contribution in [2.45, 2.75) is 59.2 Å². The van der Waals surface area contributed by atoms with Crippen LogP contribution < -0.4 is 11.4 Å². The smallest absolute Gasteiger partial charge is 0.329 e. The molecular weight excluding hydrogens is 364 g/mol. The number of carbonyl (C=O) groups is 1. The summed E-state index contributed by atoms with van der Waals surface area (Å²) in [4.78, 5) is 26.9. The molecule has 152 valence electrons. The van der Waals surface area contributed by atoms with E-state index in [2.05, 4.69) is 20.8 Å². The first kappa shape index (κ1) is 23.2. The van der Waals surface area contributed by atoms with Crippen molar-refractivity contribution in [3.05, 3.63) is 34.7 Å². The minimum absolute atomic E-state index is 0. The highest BCUT2D eigenvalue weighted by atomic mass is 35.5. The SMILES string of the molecule is CCCn1c(=O)n(CCC(=O)N(C)CCC(N)C(C)C)c2ccccc21.Cl. The Morgan fingerprint density at radius 2 is 1.70 bits per heavy atom. The van der Waals surface area contributed by atoms with Crippen LogP contribution in [0.15, 0.2) is 29.1 Å². The molecule has 0 spiro atoms. The van der Waals surface area contributed by atoms with Crippen molar-refractivity contribution in [3.8, 4) is 0 Å². The number of benzene rings is 1. The highest BCUT2D eigenvalue weighted by Gasteiger charge is 2.16. The van der Waals surface area contributed by atoms with Gasteiger partial charge in [0.1, 0.15) is 0 Å². The first-order valence-corrected chi connectivity index (χ1v) is 9.54. The Labute approximate surface area is 167 Å². The van der Waals surface area contributed by atoms with Crippen LogP contribution >= 0.6 is 12.4 Å². The first-order chi connectivity index (χ1) is 12.4. The second kappa shape index (κ2) is 10.5. The molecule has 2 rings (SSSR count). The number of aromatic nitrogens is 2. The molecule has 2 N–H and O–H groups in total. The molecule has 0 bridgehead atoms. The molecule has 0 saturated heterocycles. The number of nitrogens with zero attached hydrogens (tertiary/aromatic N) is 3. The predicted molar refractivity (Wildman–Crippen MR) is 113 cm³/mol. The van der Waals surface area contributed by atoms with Gasteiger partial charge >= 0.3 is 5.69 Å². The molecule has 7 heteroatoms. The Bertz CT molecular complexity index is 797. The number of carbonyl (C=O) groups excluding carboxylic acids is 1. The third-order valence-electron chi connectivity index (χ3n) is 5.00. The van der Waals surface area contributed by atoms with Crippen LogP contribution in [0.3, 0.4) is 0 Å². The Balaban J connectivity index is 0.00000364. The fourth-order valence-corrected chi connectivity index (χ4v) is 3.13. The molecule has 0 saturated carbocycles. The van der Waals surface area contributed by atoms with Crippen molar-refractivity contribution < 1.29 is 4.79 Å². The van der Waals surface area contributed by atoms with Gasteiger partial charge in [0.15, 0.2) is 0 Å². The molecule has 2 aromatic rings. The van der Waals surface area contributed by atoms with E-state index < -0.39 is 0 Å². The van der Waals surface area contributed by atoms with E-state index in [0.29, 0.717) is 32.0 Å². The van der Waals surface area contributed by atoms with Crippen LogP contribution in [0.1, 0.15) is 40.0 Å². The Hall–Kier alpha value is -1.79. The largest absolute Gasteiger partial charge is 0.346 e. The third kappa shape index (κ3) is 5.59. The van der Waals surface area contributed by atoms with Gasteiger partial charge in [-0.25, -0.2) is 4.79 Å². The lowest BCUT2D eigenvalue weighted by Gasteiger charge is -2.21. The quantitative estimate of drug-likeness (QED) is 0.708. The Kier molecular flexibility index (Phi) is 9.06. The summed E-state index contributed by atoms with van der Waals surface area (Å²) < 4.78 is 3.52. The number of amides is 1. The molecule has 1 heterocycles. The van der Waals surface area contributed by atoms with E-state index in [-0.39, 0.29) is 30.0 Å². The van der Waals surface area contributed by atoms with E-state index in [1.807, 2.05) is 24.3 Å². The molecule has 0 aliphatic rings. The lowest BCUT2D eigenvalue weighted by atomic mass is 10.0. The molecule has 0 aliphatic carbocycles. The molecular formula is C20H33ClN4O2. The van der Waals surface area contributed by atoms with Crippen LogP contribution in [0.4, 0.5) is 0 Å². The standard InChI is InChI=1S/C20H32N4O2.ClH/c1-5-12-23-17-8-6-7-9-18(17)24(20(23)26)14-11-19(25)22(4)13-10-16(21)15(2)3;/h6-9,15-16H,5,10-14,21H2,1-4H3;1H. The zero-order valence-corrected chi connectivity index (χ0v) is 17.7. The highest BCUT2D eigenvalue weighted by Crippen LogP contribution is 2.14. The maximum Gasteiger partial charge on any atom is 0.329 e. The van der Waals surface area contributed by atoms with Gasteiger partial charge in [0.05, 0.1) is 11.0 Å². The van der Waals surface area contributed by atoms with E-state index in [9.17, 15) is 9.59 Å². The van der Waals surface area contributed by atoms with Gasteiger partial charge in [-0.1, -0.05) is 32.9 Å². The summed E-state index contributed by atoms with van der Waals surface area (Å²) in [6.45, 7) is 7.96. The molecule has 1 amide bonds. The van der Waals surface area contributed by atoms with E-state index in [4.69, 9.17) is 5.73 Å². The third-order valence-corrected chi connectivity index (χ3v) is 5.00. The molecule has 0 aliphatic heterocycles. The van der Waals surface area contributed by atoms with Gasteiger partial charge in [0.25, 0.3) is 0 Å².